The van der Waals surface area contributed by atoms with Crippen LogP contribution in [-0.2, 0) is 10.2 Å². The molecule has 3 aromatic carbocycles. The molecule has 0 spiro atoms. The molecule has 0 aliphatic heterocycles. The molecule has 2 amide bonds. The van der Waals surface area contributed by atoms with Gasteiger partial charge in [0.05, 0.1) is 31.1 Å². The Hall–Kier alpha value is -4.65. The quantitative estimate of drug-likeness (QED) is 0.186. The Kier molecular flexibility index (Phi) is 9.39. The highest BCUT2D eigenvalue weighted by Crippen LogP contribution is 2.44. The van der Waals surface area contributed by atoms with E-state index in [1.165, 1.54) is 56.8 Å². The summed E-state index contributed by atoms with van der Waals surface area (Å²) >= 11 is 0. The van der Waals surface area contributed by atoms with Crippen LogP contribution >= 0.6 is 0 Å². The van der Waals surface area contributed by atoms with Crippen LogP contribution in [0.4, 0.5) is 23.2 Å². The lowest BCUT2D eigenvalue weighted by Crippen LogP contribution is -2.53. The minimum Gasteiger partial charge on any atom is -0.496 e. The number of primary amides is 1. The first-order valence-corrected chi connectivity index (χ1v) is 14.4. The molecule has 9 nitrogen and oxygen atoms in total. The summed E-state index contributed by atoms with van der Waals surface area (Å²) in [5.74, 6) is -1.53. The van der Waals surface area contributed by atoms with Crippen LogP contribution < -0.4 is 15.8 Å². The molecule has 0 saturated heterocycles. The Labute approximate surface area is 263 Å². The van der Waals surface area contributed by atoms with Crippen LogP contribution in [-0.4, -0.2) is 70.1 Å². The van der Waals surface area contributed by atoms with Crippen molar-refractivity contribution in [3.63, 3.8) is 0 Å². The van der Waals surface area contributed by atoms with Crippen molar-refractivity contribution in [3.05, 3.63) is 83.3 Å². The number of likely N-dealkylation sites (N-methyl/N-ethyl adjacent to an activating group) is 1. The summed E-state index contributed by atoms with van der Waals surface area (Å²) in [5, 5.41) is 18.9. The van der Waals surface area contributed by atoms with E-state index in [2.05, 4.69) is 10.4 Å². The van der Waals surface area contributed by atoms with Crippen molar-refractivity contribution in [1.82, 2.24) is 14.7 Å². The van der Waals surface area contributed by atoms with E-state index in [-0.39, 0.29) is 16.9 Å². The summed E-state index contributed by atoms with van der Waals surface area (Å²) in [5.41, 5.74) is 3.26. The zero-order valence-corrected chi connectivity index (χ0v) is 26.4. The van der Waals surface area contributed by atoms with E-state index in [9.17, 15) is 32.3 Å². The van der Waals surface area contributed by atoms with E-state index in [1.54, 1.807) is 43.3 Å². The van der Waals surface area contributed by atoms with Gasteiger partial charge in [-0.25, -0.2) is 9.07 Å². The van der Waals surface area contributed by atoms with Crippen molar-refractivity contribution in [3.8, 4) is 11.4 Å². The van der Waals surface area contributed by atoms with Crippen molar-refractivity contribution in [2.75, 3.05) is 26.0 Å². The van der Waals surface area contributed by atoms with Crippen LogP contribution in [0.5, 0.6) is 5.75 Å². The van der Waals surface area contributed by atoms with E-state index in [4.69, 9.17) is 10.5 Å². The van der Waals surface area contributed by atoms with E-state index in [0.717, 1.165) is 12.1 Å². The number of rotatable bonds is 11. The van der Waals surface area contributed by atoms with Gasteiger partial charge in [0, 0.05) is 29.2 Å². The first kappa shape index (κ1) is 34.2. The molecule has 46 heavy (non-hydrogen) atoms. The molecule has 0 fully saturated rings. The summed E-state index contributed by atoms with van der Waals surface area (Å²) in [4.78, 5) is 25.8. The number of nitrogens with zero attached hydrogens (tertiary/aromatic N) is 3. The number of alkyl halides is 3. The van der Waals surface area contributed by atoms with Gasteiger partial charge in [-0.2, -0.15) is 18.3 Å². The molecule has 0 saturated carbocycles. The van der Waals surface area contributed by atoms with Crippen LogP contribution in [0.3, 0.4) is 0 Å². The van der Waals surface area contributed by atoms with Crippen molar-refractivity contribution in [2.45, 2.75) is 57.3 Å². The normalized spacial score (nSPS) is 14.1. The number of nitrogens with two attached hydrogens (primary N) is 1. The van der Waals surface area contributed by atoms with Gasteiger partial charge in [0.25, 0.3) is 5.91 Å². The maximum absolute atomic E-state index is 14.5. The van der Waals surface area contributed by atoms with Gasteiger partial charge >= 0.3 is 6.18 Å². The molecule has 0 aliphatic rings. The topological polar surface area (TPSA) is 123 Å². The highest BCUT2D eigenvalue weighted by Gasteiger charge is 2.56. The summed E-state index contributed by atoms with van der Waals surface area (Å²) in [6.07, 6.45) is -4.37. The van der Waals surface area contributed by atoms with Gasteiger partial charge in [0.15, 0.2) is 5.60 Å². The zero-order valence-electron chi connectivity index (χ0n) is 26.4. The zero-order chi connectivity index (χ0) is 34.2. The fourth-order valence-corrected chi connectivity index (χ4v) is 5.50. The fraction of sp³-hybridized carbons (Fsp3) is 0.364. The lowest BCUT2D eigenvalue weighted by atomic mass is 9.74. The molecular weight excluding hydrogens is 606 g/mol. The molecule has 1 aromatic heterocycles. The third kappa shape index (κ3) is 6.79. The highest BCUT2D eigenvalue weighted by molar-refractivity contribution is 5.98. The van der Waals surface area contributed by atoms with Crippen molar-refractivity contribution in [1.29, 1.82) is 0 Å². The van der Waals surface area contributed by atoms with Gasteiger partial charge in [-0.15, -0.1) is 0 Å². The van der Waals surface area contributed by atoms with Crippen molar-refractivity contribution in [2.24, 2.45) is 5.73 Å². The Morgan fingerprint density at radius 2 is 1.83 bits per heavy atom. The molecule has 0 bridgehead atoms. The summed E-state index contributed by atoms with van der Waals surface area (Å²) < 4.78 is 64.5. The number of methoxy groups -OCH3 is 1. The Balaban J connectivity index is 1.67. The van der Waals surface area contributed by atoms with Crippen LogP contribution in [0.25, 0.3) is 16.6 Å². The predicted molar refractivity (Wildman–Crippen MR) is 167 cm³/mol. The average molecular weight is 644 g/mol. The number of benzene rings is 3. The number of aryl methyl sites for hydroxylation is 1. The number of hydrogen-bond donors (Lipinski definition) is 3. The molecule has 2 atom stereocenters. The van der Waals surface area contributed by atoms with E-state index < -0.39 is 53.8 Å². The van der Waals surface area contributed by atoms with Gasteiger partial charge in [0.1, 0.15) is 17.6 Å². The van der Waals surface area contributed by atoms with Gasteiger partial charge in [-0.1, -0.05) is 19.9 Å². The molecule has 4 aromatic rings. The molecule has 4 rings (SSSR count). The number of aliphatic hydroxyl groups is 1. The molecule has 0 radical (unpaired) electrons. The third-order valence-electron chi connectivity index (χ3n) is 8.21. The average Bonchev–Trinajstić information content (AvgIpc) is 3.41. The van der Waals surface area contributed by atoms with Crippen LogP contribution in [0.15, 0.2) is 60.8 Å². The fourth-order valence-electron chi connectivity index (χ4n) is 5.50. The number of carbonyl (C=O) groups is 2. The number of anilines is 1. The largest absolute Gasteiger partial charge is 0.496 e. The Bertz CT molecular complexity index is 1770. The third-order valence-corrected chi connectivity index (χ3v) is 8.21. The second-order valence-electron chi connectivity index (χ2n) is 12.1. The van der Waals surface area contributed by atoms with Gasteiger partial charge < -0.3 is 25.8 Å². The molecular formula is C33H37F4N5O4. The van der Waals surface area contributed by atoms with Crippen LogP contribution in [0.2, 0.25) is 0 Å². The second-order valence-corrected chi connectivity index (χ2v) is 12.1. The number of amides is 2. The number of carbonyl (C=O) groups excluding carboxylic acids is 2. The minimum absolute atomic E-state index is 0.188. The SMILES string of the molecule is COc1ccc(F)cc1C(C)(C)CC(O)(CNc1cc(C)cc2c1cnn2-c1cccc(C(=O)N(C)[C@H](C)C(N)=O)c1)C(F)(F)F. The minimum atomic E-state index is -5.04. The summed E-state index contributed by atoms with van der Waals surface area (Å²) in [6.45, 7) is 5.34. The van der Waals surface area contributed by atoms with Crippen LogP contribution in [0, 0.1) is 12.7 Å². The maximum atomic E-state index is 14.5. The van der Waals surface area contributed by atoms with E-state index >= 15 is 0 Å². The molecule has 1 heterocycles. The number of ether oxygens (including phenoxy) is 1. The lowest BCUT2D eigenvalue weighted by molar-refractivity contribution is -0.260. The molecule has 0 aliphatic carbocycles. The number of hydrogen-bond acceptors (Lipinski definition) is 6. The standard InChI is InChI=1S/C33H37F4N5O4/c1-19-12-26(39-18-32(45,33(35,36)37)17-31(3,4)25-15-22(34)10-11-28(25)46-6)24-16-40-42(27(24)13-19)23-9-7-8-21(14-23)30(44)41(5)20(2)29(38)43/h7-16,20,39,45H,17-18H2,1-6H3,(H2,38,43)/t20-,32?/m1/s1. The van der Waals surface area contributed by atoms with E-state index in [0.29, 0.717) is 27.8 Å². The number of aromatic nitrogens is 2. The predicted octanol–water partition coefficient (Wildman–Crippen LogP) is 5.50. The first-order valence-electron chi connectivity index (χ1n) is 14.4. The highest BCUT2D eigenvalue weighted by atomic mass is 19.4. The molecule has 1 unspecified atom stereocenters. The molecule has 246 valence electrons. The van der Waals surface area contributed by atoms with E-state index in [1.807, 2.05) is 0 Å². The summed E-state index contributed by atoms with van der Waals surface area (Å²) in [7, 11) is 2.80. The van der Waals surface area contributed by atoms with Crippen molar-refractivity contribution >= 4 is 28.4 Å². The monoisotopic (exact) mass is 643 g/mol. The smallest absolute Gasteiger partial charge is 0.418 e. The Morgan fingerprint density at radius 1 is 1.13 bits per heavy atom. The first-order chi connectivity index (χ1) is 21.4. The van der Waals surface area contributed by atoms with Crippen LogP contribution in [0.1, 0.15) is 48.7 Å². The summed E-state index contributed by atoms with van der Waals surface area (Å²) in [6, 6.07) is 12.7. The maximum Gasteiger partial charge on any atom is 0.418 e. The molecule has 13 heteroatoms. The number of fused-ring (bicyclic) bond motifs is 1. The van der Waals surface area contributed by atoms with Gasteiger partial charge in [-0.05, 0) is 79.8 Å². The van der Waals surface area contributed by atoms with Crippen molar-refractivity contribution < 1.29 is 37.0 Å². The second kappa shape index (κ2) is 12.6. The lowest BCUT2D eigenvalue weighted by Gasteiger charge is -2.38. The number of halogens is 4. The Morgan fingerprint density at radius 3 is 2.46 bits per heavy atom. The number of nitrogens with one attached hydrogen (secondary N) is 1. The van der Waals surface area contributed by atoms with Gasteiger partial charge in [0.2, 0.25) is 5.91 Å². The van der Waals surface area contributed by atoms with Gasteiger partial charge in [-0.3, -0.25) is 9.59 Å². The molecule has 4 N–H and O–H groups in total.